The van der Waals surface area contributed by atoms with Crippen LogP contribution in [0.2, 0.25) is 5.02 Å². The first kappa shape index (κ1) is 21.0. The Morgan fingerprint density at radius 2 is 1.84 bits per heavy atom. The first-order chi connectivity index (χ1) is 14.9. The number of rotatable bonds is 5. The van der Waals surface area contributed by atoms with Gasteiger partial charge in [0.15, 0.2) is 22.4 Å². The summed E-state index contributed by atoms with van der Waals surface area (Å²) in [5.74, 6) is -0.969. The lowest BCUT2D eigenvalue weighted by atomic mass is 10.1. The van der Waals surface area contributed by atoms with E-state index in [9.17, 15) is 19.8 Å². The third kappa shape index (κ3) is 4.02. The van der Waals surface area contributed by atoms with Gasteiger partial charge >= 0.3 is 0 Å². The van der Waals surface area contributed by atoms with Crippen LogP contribution in [0.3, 0.4) is 0 Å². The summed E-state index contributed by atoms with van der Waals surface area (Å²) in [5.41, 5.74) is 1.83. The topological polar surface area (TPSA) is 92.4 Å². The van der Waals surface area contributed by atoms with E-state index in [1.165, 1.54) is 22.8 Å². The van der Waals surface area contributed by atoms with E-state index in [4.69, 9.17) is 11.6 Å². The molecular formula is C23H17ClN2O4S. The van der Waals surface area contributed by atoms with Gasteiger partial charge in [0.1, 0.15) is 0 Å². The molecule has 4 rings (SSSR count). The number of fused-ring (bicyclic) bond motifs is 1. The number of thioether (sulfide) groups is 1. The lowest BCUT2D eigenvalue weighted by Gasteiger charge is -2.15. The third-order valence-corrected chi connectivity index (χ3v) is 6.20. The highest BCUT2D eigenvalue weighted by Gasteiger charge is 2.18. The summed E-state index contributed by atoms with van der Waals surface area (Å²) in [4.78, 5) is 30.6. The van der Waals surface area contributed by atoms with Crippen LogP contribution in [-0.4, -0.2) is 31.3 Å². The van der Waals surface area contributed by atoms with Gasteiger partial charge in [0.25, 0.3) is 5.56 Å². The second kappa shape index (κ2) is 8.45. The summed E-state index contributed by atoms with van der Waals surface area (Å²) in [6, 6.07) is 16.2. The third-order valence-electron chi connectivity index (χ3n) is 4.85. The molecule has 0 amide bonds. The molecule has 0 bridgehead atoms. The van der Waals surface area contributed by atoms with Gasteiger partial charge < -0.3 is 10.2 Å². The van der Waals surface area contributed by atoms with E-state index in [-0.39, 0.29) is 34.2 Å². The van der Waals surface area contributed by atoms with E-state index >= 15 is 0 Å². The van der Waals surface area contributed by atoms with Crippen molar-refractivity contribution in [3.63, 3.8) is 0 Å². The zero-order valence-corrected chi connectivity index (χ0v) is 17.9. The minimum absolute atomic E-state index is 0.0192. The lowest BCUT2D eigenvalue weighted by molar-refractivity contribution is 0.102. The van der Waals surface area contributed by atoms with Crippen LogP contribution in [0, 0.1) is 6.92 Å². The van der Waals surface area contributed by atoms with Gasteiger partial charge in [-0.25, -0.2) is 4.98 Å². The molecule has 31 heavy (non-hydrogen) atoms. The van der Waals surface area contributed by atoms with Crippen molar-refractivity contribution in [2.24, 2.45) is 0 Å². The Labute approximate surface area is 186 Å². The Kier molecular flexibility index (Phi) is 5.71. The second-order valence-corrected chi connectivity index (χ2v) is 8.20. The summed E-state index contributed by atoms with van der Waals surface area (Å²) in [5, 5.41) is 20.4. The van der Waals surface area contributed by atoms with Crippen molar-refractivity contribution in [1.82, 2.24) is 9.55 Å². The predicted molar refractivity (Wildman–Crippen MR) is 122 cm³/mol. The van der Waals surface area contributed by atoms with Crippen LogP contribution in [0.4, 0.5) is 0 Å². The number of phenols is 2. The summed E-state index contributed by atoms with van der Waals surface area (Å²) in [6.45, 7) is 1.82. The summed E-state index contributed by atoms with van der Waals surface area (Å²) < 4.78 is 1.47. The molecule has 0 fully saturated rings. The van der Waals surface area contributed by atoms with Crippen molar-refractivity contribution in [2.75, 3.05) is 5.75 Å². The van der Waals surface area contributed by atoms with Crippen LogP contribution in [0.1, 0.15) is 15.9 Å². The molecule has 1 heterocycles. The number of carbonyl (C=O) groups excluding carboxylic acids is 1. The number of aromatic nitrogens is 2. The van der Waals surface area contributed by atoms with Crippen LogP contribution in [0.25, 0.3) is 16.6 Å². The SMILES string of the molecule is Cc1c(Cl)cccc1-n1c(SCC(=O)c2ccc(O)c(O)c2)nc2ccccc2c1=O. The van der Waals surface area contributed by atoms with E-state index < -0.39 is 0 Å². The van der Waals surface area contributed by atoms with E-state index in [0.29, 0.717) is 26.8 Å². The van der Waals surface area contributed by atoms with Crippen molar-refractivity contribution in [1.29, 1.82) is 0 Å². The molecule has 0 aliphatic rings. The maximum Gasteiger partial charge on any atom is 0.266 e. The molecule has 156 valence electrons. The molecule has 0 saturated heterocycles. The first-order valence-electron chi connectivity index (χ1n) is 9.32. The number of phenolic OH excluding ortho intramolecular Hbond substituents is 2. The van der Waals surface area contributed by atoms with Crippen molar-refractivity contribution in [3.05, 3.63) is 87.2 Å². The molecule has 4 aromatic rings. The molecule has 1 aromatic heterocycles. The fourth-order valence-electron chi connectivity index (χ4n) is 3.17. The Morgan fingerprint density at radius 1 is 1.06 bits per heavy atom. The average molecular weight is 453 g/mol. The van der Waals surface area contributed by atoms with E-state index in [0.717, 1.165) is 17.3 Å². The number of hydrogen-bond acceptors (Lipinski definition) is 6. The smallest absolute Gasteiger partial charge is 0.266 e. The maximum absolute atomic E-state index is 13.3. The Morgan fingerprint density at radius 3 is 2.61 bits per heavy atom. The van der Waals surface area contributed by atoms with Crippen LogP contribution in [0.5, 0.6) is 11.5 Å². The number of hydrogen-bond donors (Lipinski definition) is 2. The van der Waals surface area contributed by atoms with Crippen molar-refractivity contribution in [2.45, 2.75) is 12.1 Å². The molecular weight excluding hydrogens is 436 g/mol. The van der Waals surface area contributed by atoms with Crippen molar-refractivity contribution >= 4 is 40.0 Å². The number of Topliss-reactive ketones (excluding diaryl/α,β-unsaturated/α-hetero) is 1. The minimum atomic E-state index is -0.369. The van der Waals surface area contributed by atoms with Crippen LogP contribution in [-0.2, 0) is 0 Å². The summed E-state index contributed by atoms with van der Waals surface area (Å²) in [6.07, 6.45) is 0. The van der Waals surface area contributed by atoms with E-state index in [1.807, 2.05) is 6.92 Å². The first-order valence-corrected chi connectivity index (χ1v) is 10.7. The van der Waals surface area contributed by atoms with Crippen LogP contribution in [0.15, 0.2) is 70.6 Å². The Balaban J connectivity index is 1.79. The van der Waals surface area contributed by atoms with Gasteiger partial charge in [-0.05, 0) is 55.0 Å². The summed E-state index contributed by atoms with van der Waals surface area (Å²) in [7, 11) is 0. The monoisotopic (exact) mass is 452 g/mol. The molecule has 3 aromatic carbocycles. The number of aromatic hydroxyl groups is 2. The van der Waals surface area contributed by atoms with E-state index in [1.54, 1.807) is 42.5 Å². The molecule has 0 saturated carbocycles. The molecule has 6 nitrogen and oxygen atoms in total. The molecule has 0 atom stereocenters. The van der Waals surface area contributed by atoms with Gasteiger partial charge in [-0.15, -0.1) is 0 Å². The Bertz CT molecular complexity index is 1380. The maximum atomic E-state index is 13.3. The molecule has 0 spiro atoms. The van der Waals surface area contributed by atoms with E-state index in [2.05, 4.69) is 4.98 Å². The molecule has 0 radical (unpaired) electrons. The largest absolute Gasteiger partial charge is 0.504 e. The highest BCUT2D eigenvalue weighted by molar-refractivity contribution is 7.99. The molecule has 8 heteroatoms. The molecule has 2 N–H and O–H groups in total. The minimum Gasteiger partial charge on any atom is -0.504 e. The second-order valence-electron chi connectivity index (χ2n) is 6.85. The fraction of sp³-hybridized carbons (Fsp3) is 0.0870. The summed E-state index contributed by atoms with van der Waals surface area (Å²) >= 11 is 7.39. The number of ketones is 1. The Hall–Kier alpha value is -3.29. The van der Waals surface area contributed by atoms with Crippen molar-refractivity contribution < 1.29 is 15.0 Å². The van der Waals surface area contributed by atoms with Crippen LogP contribution >= 0.6 is 23.4 Å². The average Bonchev–Trinajstić information content (AvgIpc) is 2.76. The van der Waals surface area contributed by atoms with Gasteiger partial charge in [0, 0.05) is 10.6 Å². The van der Waals surface area contributed by atoms with Crippen molar-refractivity contribution in [3.8, 4) is 17.2 Å². The standard InChI is InChI=1S/C23H17ClN2O4S/c1-13-16(24)6-4-8-18(13)26-22(30)15-5-2-3-7-17(15)25-23(26)31-12-21(29)14-9-10-19(27)20(28)11-14/h2-11,27-28H,12H2,1H3. The molecule has 0 unspecified atom stereocenters. The van der Waals surface area contributed by atoms with Gasteiger partial charge in [-0.1, -0.05) is 41.6 Å². The highest BCUT2D eigenvalue weighted by Crippen LogP contribution is 2.28. The number of nitrogens with zero attached hydrogens (tertiary/aromatic N) is 2. The number of halogens is 1. The lowest BCUT2D eigenvalue weighted by Crippen LogP contribution is -2.23. The zero-order valence-electron chi connectivity index (χ0n) is 16.4. The van der Waals surface area contributed by atoms with Gasteiger partial charge in [0.05, 0.1) is 22.3 Å². The number of carbonyl (C=O) groups is 1. The molecule has 0 aliphatic heterocycles. The predicted octanol–water partition coefficient (Wildman–Crippen LogP) is 4.73. The van der Waals surface area contributed by atoms with Gasteiger partial charge in [-0.3, -0.25) is 14.2 Å². The van der Waals surface area contributed by atoms with Gasteiger partial charge in [0.2, 0.25) is 0 Å². The molecule has 0 aliphatic carbocycles. The van der Waals surface area contributed by atoms with Crippen LogP contribution < -0.4 is 5.56 Å². The highest BCUT2D eigenvalue weighted by atomic mass is 35.5. The normalized spacial score (nSPS) is 11.0. The van der Waals surface area contributed by atoms with Gasteiger partial charge in [-0.2, -0.15) is 0 Å². The quantitative estimate of drug-likeness (QED) is 0.197. The fourth-order valence-corrected chi connectivity index (χ4v) is 4.24. The number of para-hydroxylation sites is 1. The number of benzene rings is 3. The zero-order chi connectivity index (χ0) is 22.1.